The maximum Gasteiger partial charge on any atom is 0.416 e. The van der Waals surface area contributed by atoms with Gasteiger partial charge in [-0.2, -0.15) is 13.2 Å². The molecule has 0 N–H and O–H groups in total. The first-order valence-corrected chi connectivity index (χ1v) is 9.55. The van der Waals surface area contributed by atoms with Gasteiger partial charge in [0, 0.05) is 6.20 Å². The third-order valence-electron chi connectivity index (χ3n) is 3.73. The molecule has 29 heavy (non-hydrogen) atoms. The van der Waals surface area contributed by atoms with Gasteiger partial charge in [-0.15, -0.1) is 0 Å². The van der Waals surface area contributed by atoms with Gasteiger partial charge in [0.05, 0.1) is 25.0 Å². The Kier molecular flexibility index (Phi) is 6.77. The molecule has 1 heterocycles. The van der Waals surface area contributed by atoms with Gasteiger partial charge < -0.3 is 4.74 Å². The van der Waals surface area contributed by atoms with E-state index in [9.17, 15) is 35.2 Å². The summed E-state index contributed by atoms with van der Waals surface area (Å²) in [5.41, 5.74) is -2.27. The Morgan fingerprint density at radius 2 is 1.83 bits per heavy atom. The van der Waals surface area contributed by atoms with Gasteiger partial charge >= 0.3 is 12.1 Å². The molecule has 12 heteroatoms. The lowest BCUT2D eigenvalue weighted by molar-refractivity contribution is -0.138. The zero-order chi connectivity index (χ0) is 21.8. The fraction of sp³-hybridized carbons (Fsp3) is 0.294. The molecule has 0 spiro atoms. The molecule has 2 aromatic rings. The summed E-state index contributed by atoms with van der Waals surface area (Å²) >= 11 is 0. The predicted molar refractivity (Wildman–Crippen MR) is 93.0 cm³/mol. The van der Waals surface area contributed by atoms with Crippen LogP contribution in [0.5, 0.6) is 0 Å². The maximum absolute atomic E-state index is 13.2. The van der Waals surface area contributed by atoms with Gasteiger partial charge in [0.15, 0.2) is 5.82 Å². The number of carbonyl (C=O) groups is 1. The minimum absolute atomic E-state index is 0.122. The van der Waals surface area contributed by atoms with Gasteiger partial charge in [0.1, 0.15) is 5.56 Å². The molecule has 0 saturated carbocycles. The summed E-state index contributed by atoms with van der Waals surface area (Å²) in [4.78, 5) is 15.5. The number of alkyl halides is 5. The molecule has 0 unspecified atom stereocenters. The average molecular weight is 438 g/mol. The van der Waals surface area contributed by atoms with E-state index in [0.717, 1.165) is 31.5 Å². The summed E-state index contributed by atoms with van der Waals surface area (Å²) < 4.78 is 95.9. The quantitative estimate of drug-likeness (QED) is 0.489. The van der Waals surface area contributed by atoms with Crippen molar-refractivity contribution in [1.29, 1.82) is 0 Å². The lowest BCUT2D eigenvalue weighted by atomic mass is 10.1. The number of pyridine rings is 1. The van der Waals surface area contributed by atoms with Crippen LogP contribution in [0, 0.1) is 0 Å². The lowest BCUT2D eigenvalue weighted by Crippen LogP contribution is -2.38. The third kappa shape index (κ3) is 5.40. The molecule has 6 nitrogen and oxygen atoms in total. The molecule has 0 fully saturated rings. The number of carbonyl (C=O) groups excluding carboxylic acids is 1. The van der Waals surface area contributed by atoms with Crippen LogP contribution in [0.15, 0.2) is 42.6 Å². The summed E-state index contributed by atoms with van der Waals surface area (Å²) in [6.45, 7) is -1.41. The number of hydrogen-bond donors (Lipinski definition) is 0. The number of anilines is 1. The highest BCUT2D eigenvalue weighted by Gasteiger charge is 2.36. The molecule has 0 saturated heterocycles. The number of sulfonamides is 1. The van der Waals surface area contributed by atoms with Crippen molar-refractivity contribution in [2.45, 2.75) is 18.4 Å². The van der Waals surface area contributed by atoms with Crippen molar-refractivity contribution in [2.75, 3.05) is 18.0 Å². The molecule has 0 aliphatic heterocycles. The van der Waals surface area contributed by atoms with Crippen LogP contribution in [0.3, 0.4) is 0 Å². The summed E-state index contributed by atoms with van der Waals surface area (Å²) in [6.07, 6.45) is -6.98. The monoisotopic (exact) mass is 438 g/mol. The van der Waals surface area contributed by atoms with E-state index in [0.29, 0.717) is 6.07 Å². The van der Waals surface area contributed by atoms with Crippen LogP contribution in [0.4, 0.5) is 27.8 Å². The molecule has 1 aromatic heterocycles. The number of aromatic nitrogens is 1. The van der Waals surface area contributed by atoms with E-state index in [1.807, 2.05) is 0 Å². The number of hydrogen-bond acceptors (Lipinski definition) is 5. The highest BCUT2D eigenvalue weighted by molar-refractivity contribution is 7.92. The normalized spacial score (nSPS) is 12.1. The topological polar surface area (TPSA) is 76.6 Å². The summed E-state index contributed by atoms with van der Waals surface area (Å²) in [7, 11) is -3.80. The fourth-order valence-corrected chi connectivity index (χ4v) is 4.07. The molecule has 158 valence electrons. The molecule has 0 radical (unpaired) electrons. The average Bonchev–Trinajstić information content (AvgIpc) is 2.64. The molecule has 0 amide bonds. The van der Waals surface area contributed by atoms with Crippen LogP contribution in [0.1, 0.15) is 21.5 Å². The minimum Gasteiger partial charge on any atom is -0.465 e. The van der Waals surface area contributed by atoms with Crippen molar-refractivity contribution in [2.24, 2.45) is 0 Å². The third-order valence-corrected chi connectivity index (χ3v) is 5.40. The maximum atomic E-state index is 13.2. The van der Waals surface area contributed by atoms with E-state index in [-0.39, 0.29) is 4.31 Å². The first-order chi connectivity index (χ1) is 13.5. The van der Waals surface area contributed by atoms with Gasteiger partial charge in [-0.05, 0) is 23.8 Å². The van der Waals surface area contributed by atoms with E-state index in [4.69, 9.17) is 0 Å². The van der Waals surface area contributed by atoms with Crippen molar-refractivity contribution in [3.63, 3.8) is 0 Å². The van der Waals surface area contributed by atoms with Crippen LogP contribution >= 0.6 is 0 Å². The van der Waals surface area contributed by atoms with Crippen LogP contribution in [0.25, 0.3) is 0 Å². The first-order valence-electron chi connectivity index (χ1n) is 7.94. The van der Waals surface area contributed by atoms with Gasteiger partial charge in [0.25, 0.3) is 6.43 Å². The number of ether oxygens (including phenoxy) is 1. The number of benzene rings is 1. The van der Waals surface area contributed by atoms with E-state index >= 15 is 0 Å². The molecular weight excluding hydrogens is 423 g/mol. The Bertz CT molecular complexity index is 980. The lowest BCUT2D eigenvalue weighted by Gasteiger charge is -2.25. The van der Waals surface area contributed by atoms with Crippen molar-refractivity contribution < 1.29 is 39.9 Å². The number of methoxy groups -OCH3 is 1. The number of nitrogens with zero attached hydrogens (tertiary/aromatic N) is 2. The summed E-state index contributed by atoms with van der Waals surface area (Å²) in [5, 5.41) is 0. The Morgan fingerprint density at radius 1 is 1.17 bits per heavy atom. The van der Waals surface area contributed by atoms with Crippen molar-refractivity contribution in [3.05, 3.63) is 59.3 Å². The molecule has 2 rings (SSSR count). The SMILES string of the molecule is COC(=O)c1cccnc1N(CC(F)F)S(=O)(=O)Cc1ccccc1C(F)(F)F. The number of rotatable bonds is 7. The van der Waals surface area contributed by atoms with Gasteiger partial charge in [-0.1, -0.05) is 18.2 Å². The van der Waals surface area contributed by atoms with Gasteiger partial charge in [-0.3, -0.25) is 0 Å². The first kappa shape index (κ1) is 22.5. The Hall–Kier alpha value is -2.76. The molecule has 0 aliphatic rings. The van der Waals surface area contributed by atoms with Gasteiger partial charge in [-0.25, -0.2) is 31.3 Å². The van der Waals surface area contributed by atoms with Crippen molar-refractivity contribution in [1.82, 2.24) is 4.98 Å². The van der Waals surface area contributed by atoms with Gasteiger partial charge in [0.2, 0.25) is 10.0 Å². The van der Waals surface area contributed by atoms with Crippen molar-refractivity contribution in [3.8, 4) is 0 Å². The Labute approximate surface area is 163 Å². The largest absolute Gasteiger partial charge is 0.465 e. The molecule has 0 aliphatic carbocycles. The fourth-order valence-electron chi connectivity index (χ4n) is 2.52. The zero-order valence-electron chi connectivity index (χ0n) is 14.9. The second kappa shape index (κ2) is 8.72. The summed E-state index contributed by atoms with van der Waals surface area (Å²) in [5.74, 6) is -2.94. The van der Waals surface area contributed by atoms with E-state index in [2.05, 4.69) is 9.72 Å². The summed E-state index contributed by atoms with van der Waals surface area (Å²) in [6, 6.07) is 6.24. The smallest absolute Gasteiger partial charge is 0.416 e. The van der Waals surface area contributed by atoms with Crippen LogP contribution < -0.4 is 4.31 Å². The highest BCUT2D eigenvalue weighted by atomic mass is 32.2. The molecule has 0 atom stereocenters. The van der Waals surface area contributed by atoms with E-state index in [1.165, 1.54) is 12.1 Å². The molecule has 1 aromatic carbocycles. The van der Waals surface area contributed by atoms with Crippen molar-refractivity contribution >= 4 is 21.8 Å². The van der Waals surface area contributed by atoms with E-state index < -0.39 is 63.4 Å². The minimum atomic E-state index is -4.85. The predicted octanol–water partition coefficient (Wildman–Crippen LogP) is 3.49. The Morgan fingerprint density at radius 3 is 2.41 bits per heavy atom. The van der Waals surface area contributed by atoms with E-state index in [1.54, 1.807) is 0 Å². The highest BCUT2D eigenvalue weighted by Crippen LogP contribution is 2.33. The standard InChI is InChI=1S/C17H15F5N2O4S/c1-28-16(25)12-6-4-8-23-15(12)24(9-14(18)19)29(26,27)10-11-5-2-3-7-13(11)17(20,21)22/h2-8,14H,9-10H2,1H3. The van der Waals surface area contributed by atoms with Crippen LogP contribution in [-0.4, -0.2) is 39.5 Å². The van der Waals surface area contributed by atoms with Crippen LogP contribution in [0.2, 0.25) is 0 Å². The van der Waals surface area contributed by atoms with Crippen LogP contribution in [-0.2, 0) is 26.7 Å². The number of halogens is 5. The number of esters is 1. The second-order valence-corrected chi connectivity index (χ2v) is 7.59. The second-order valence-electron chi connectivity index (χ2n) is 5.70. The Balaban J connectivity index is 2.56. The zero-order valence-corrected chi connectivity index (χ0v) is 15.7. The molecular formula is C17H15F5N2O4S. The molecule has 0 bridgehead atoms.